The van der Waals surface area contributed by atoms with Gasteiger partial charge in [0.2, 0.25) is 0 Å². The molecule has 2 nitrogen and oxygen atoms in total. The van der Waals surface area contributed by atoms with Crippen molar-refractivity contribution in [2.45, 2.75) is 116 Å². The van der Waals surface area contributed by atoms with Crippen LogP contribution in [0.2, 0.25) is 0 Å². The molecule has 0 atom stereocenters. The predicted octanol–water partition coefficient (Wildman–Crippen LogP) is 8.52. The van der Waals surface area contributed by atoms with Crippen LogP contribution in [0.5, 0.6) is 5.75 Å². The molecule has 1 rings (SSSR count). The fraction of sp³-hybridized carbons (Fsp3) is 0.769. The van der Waals surface area contributed by atoms with Crippen LogP contribution in [0.25, 0.3) is 0 Å². The predicted molar refractivity (Wildman–Crippen MR) is 121 cm³/mol. The van der Waals surface area contributed by atoms with E-state index in [2.05, 4.69) is 0 Å². The zero-order valence-electron chi connectivity index (χ0n) is 18.3. The first-order valence-electron chi connectivity index (χ1n) is 12.2. The molecule has 1 aromatic carbocycles. The molecule has 0 aliphatic carbocycles. The summed E-state index contributed by atoms with van der Waals surface area (Å²) in [5.74, 6) is 0.995. The van der Waals surface area contributed by atoms with Crippen molar-refractivity contribution in [2.75, 3.05) is 13.2 Å². The summed E-state index contributed by atoms with van der Waals surface area (Å²) in [5.41, 5.74) is 0. The van der Waals surface area contributed by atoms with Gasteiger partial charge in [0.15, 0.2) is 0 Å². The van der Waals surface area contributed by atoms with Crippen LogP contribution in [-0.2, 0) is 5.11 Å². The van der Waals surface area contributed by atoms with E-state index in [-0.39, 0.29) is 6.61 Å². The normalized spacial score (nSPS) is 11.0. The third-order valence-electron chi connectivity index (χ3n) is 5.55. The number of unbranched alkanes of at least 4 members (excludes halogenated alkanes) is 17. The SMILES string of the molecule is [O]CCCCCCCCCCCCCCCCCCCCOc1ccccc1. The quantitative estimate of drug-likeness (QED) is 0.194. The van der Waals surface area contributed by atoms with Crippen LogP contribution in [0.4, 0.5) is 0 Å². The first kappa shape index (κ1) is 25.0. The second-order valence-electron chi connectivity index (χ2n) is 8.23. The molecule has 1 aromatic rings. The molecule has 0 bridgehead atoms. The van der Waals surface area contributed by atoms with Crippen molar-refractivity contribution in [3.8, 4) is 5.75 Å². The van der Waals surface area contributed by atoms with E-state index in [0.717, 1.165) is 25.2 Å². The Kier molecular flexibility index (Phi) is 18.5. The van der Waals surface area contributed by atoms with E-state index in [0.29, 0.717) is 0 Å². The summed E-state index contributed by atoms with van der Waals surface area (Å²) < 4.78 is 5.73. The third kappa shape index (κ3) is 17.1. The molecule has 0 saturated carbocycles. The Morgan fingerprint density at radius 1 is 0.464 bits per heavy atom. The van der Waals surface area contributed by atoms with Crippen LogP contribution in [0.15, 0.2) is 30.3 Å². The summed E-state index contributed by atoms with van der Waals surface area (Å²) in [6.45, 7) is 0.968. The first-order chi connectivity index (χ1) is 13.9. The molecule has 161 valence electrons. The van der Waals surface area contributed by atoms with Gasteiger partial charge in [0.1, 0.15) is 5.75 Å². The summed E-state index contributed by atoms with van der Waals surface area (Å²) >= 11 is 0. The van der Waals surface area contributed by atoms with Crippen molar-refractivity contribution >= 4 is 0 Å². The average molecular weight is 390 g/mol. The lowest BCUT2D eigenvalue weighted by molar-refractivity contribution is 0.186. The second kappa shape index (κ2) is 20.7. The van der Waals surface area contributed by atoms with Crippen LogP contribution in [-0.4, -0.2) is 13.2 Å². The van der Waals surface area contributed by atoms with Crippen molar-refractivity contribution in [3.05, 3.63) is 30.3 Å². The van der Waals surface area contributed by atoms with E-state index < -0.39 is 0 Å². The molecule has 0 unspecified atom stereocenters. The largest absolute Gasteiger partial charge is 0.494 e. The minimum atomic E-state index is 0.116. The highest BCUT2D eigenvalue weighted by Gasteiger charge is 1.96. The summed E-state index contributed by atoms with van der Waals surface area (Å²) in [4.78, 5) is 0. The summed E-state index contributed by atoms with van der Waals surface area (Å²) in [5, 5.41) is 10.3. The molecule has 28 heavy (non-hydrogen) atoms. The standard InChI is InChI=1S/C26H45O2/c27-24-20-15-13-11-9-7-5-3-1-2-4-6-8-10-12-14-16-21-25-28-26-22-18-17-19-23-26/h17-19,22-23H,1-16,20-21,24-25H2. The van der Waals surface area contributed by atoms with E-state index >= 15 is 0 Å². The molecule has 0 N–H and O–H groups in total. The molecule has 2 heteroatoms. The molecule has 0 aromatic heterocycles. The zero-order valence-corrected chi connectivity index (χ0v) is 18.3. The van der Waals surface area contributed by atoms with Crippen LogP contribution in [0.3, 0.4) is 0 Å². The maximum absolute atomic E-state index is 10.3. The molecule has 1 radical (unpaired) electrons. The lowest BCUT2D eigenvalue weighted by Gasteiger charge is -2.06. The lowest BCUT2D eigenvalue weighted by Crippen LogP contribution is -1.96. The fourth-order valence-corrected chi connectivity index (χ4v) is 3.74. The lowest BCUT2D eigenvalue weighted by atomic mass is 10.0. The Morgan fingerprint density at radius 3 is 1.21 bits per heavy atom. The molecule has 0 spiro atoms. The van der Waals surface area contributed by atoms with Crippen LogP contribution in [0.1, 0.15) is 116 Å². The van der Waals surface area contributed by atoms with Crippen LogP contribution >= 0.6 is 0 Å². The molecule has 0 aliphatic heterocycles. The number of benzene rings is 1. The average Bonchev–Trinajstić information content (AvgIpc) is 2.73. The van der Waals surface area contributed by atoms with E-state index in [4.69, 9.17) is 4.74 Å². The van der Waals surface area contributed by atoms with Crippen molar-refractivity contribution in [1.82, 2.24) is 0 Å². The maximum atomic E-state index is 10.3. The van der Waals surface area contributed by atoms with Gasteiger partial charge in [-0.2, -0.15) is 0 Å². The number of rotatable bonds is 21. The van der Waals surface area contributed by atoms with E-state index in [1.165, 1.54) is 103 Å². The Balaban J connectivity index is 1.67. The number of hydrogen-bond donors (Lipinski definition) is 0. The van der Waals surface area contributed by atoms with Gasteiger partial charge in [-0.05, 0) is 25.0 Å². The number of ether oxygens (including phenoxy) is 1. The van der Waals surface area contributed by atoms with E-state index in [9.17, 15) is 5.11 Å². The zero-order chi connectivity index (χ0) is 20.0. The van der Waals surface area contributed by atoms with E-state index in [1.54, 1.807) is 0 Å². The molecule has 0 saturated heterocycles. The van der Waals surface area contributed by atoms with Gasteiger partial charge < -0.3 is 4.74 Å². The Hall–Kier alpha value is -1.02. The van der Waals surface area contributed by atoms with Crippen LogP contribution < -0.4 is 4.74 Å². The molecule has 0 amide bonds. The highest BCUT2D eigenvalue weighted by Crippen LogP contribution is 2.14. The molecular weight excluding hydrogens is 344 g/mol. The minimum Gasteiger partial charge on any atom is -0.494 e. The van der Waals surface area contributed by atoms with Gasteiger partial charge in [-0.3, -0.25) is 0 Å². The highest BCUT2D eigenvalue weighted by atomic mass is 16.5. The van der Waals surface area contributed by atoms with Gasteiger partial charge in [0.25, 0.3) is 0 Å². The van der Waals surface area contributed by atoms with Crippen LogP contribution in [0, 0.1) is 0 Å². The maximum Gasteiger partial charge on any atom is 0.119 e. The van der Waals surface area contributed by atoms with Crippen molar-refractivity contribution in [2.24, 2.45) is 0 Å². The van der Waals surface area contributed by atoms with E-state index in [1.807, 2.05) is 30.3 Å². The summed E-state index contributed by atoms with van der Waals surface area (Å²) in [6.07, 6.45) is 24.0. The molecular formula is C26H45O2. The summed E-state index contributed by atoms with van der Waals surface area (Å²) in [6, 6.07) is 10.1. The first-order valence-corrected chi connectivity index (χ1v) is 12.2. The van der Waals surface area contributed by atoms with Gasteiger partial charge in [-0.1, -0.05) is 121 Å². The Labute approximate surface area is 175 Å². The van der Waals surface area contributed by atoms with Gasteiger partial charge in [0, 0.05) is 0 Å². The molecule has 0 aliphatic rings. The van der Waals surface area contributed by atoms with Crippen molar-refractivity contribution in [1.29, 1.82) is 0 Å². The second-order valence-corrected chi connectivity index (χ2v) is 8.23. The summed E-state index contributed by atoms with van der Waals surface area (Å²) in [7, 11) is 0. The monoisotopic (exact) mass is 389 g/mol. The third-order valence-corrected chi connectivity index (χ3v) is 5.55. The number of hydrogen-bond acceptors (Lipinski definition) is 1. The topological polar surface area (TPSA) is 29.1 Å². The molecule has 0 heterocycles. The fourth-order valence-electron chi connectivity index (χ4n) is 3.74. The Bertz CT molecular complexity index is 404. The minimum absolute atomic E-state index is 0.116. The highest BCUT2D eigenvalue weighted by molar-refractivity contribution is 5.20. The van der Waals surface area contributed by atoms with Crippen molar-refractivity contribution < 1.29 is 9.84 Å². The van der Waals surface area contributed by atoms with Gasteiger partial charge >= 0.3 is 0 Å². The molecule has 0 fully saturated rings. The smallest absolute Gasteiger partial charge is 0.119 e. The van der Waals surface area contributed by atoms with Gasteiger partial charge in [-0.15, -0.1) is 0 Å². The van der Waals surface area contributed by atoms with Gasteiger partial charge in [0.05, 0.1) is 13.2 Å². The van der Waals surface area contributed by atoms with Gasteiger partial charge in [-0.25, -0.2) is 5.11 Å². The Morgan fingerprint density at radius 2 is 0.821 bits per heavy atom. The number of para-hydroxylation sites is 1. The van der Waals surface area contributed by atoms with Crippen molar-refractivity contribution in [3.63, 3.8) is 0 Å².